The van der Waals surface area contributed by atoms with Crippen molar-refractivity contribution in [1.82, 2.24) is 25.0 Å². The molecule has 4 aromatic rings. The van der Waals surface area contributed by atoms with Gasteiger partial charge in [0.15, 0.2) is 5.82 Å². The van der Waals surface area contributed by atoms with Gasteiger partial charge in [0.05, 0.1) is 24.1 Å². The van der Waals surface area contributed by atoms with Crippen molar-refractivity contribution in [3.8, 4) is 16.9 Å². The maximum absolute atomic E-state index is 13.7. The van der Waals surface area contributed by atoms with Gasteiger partial charge in [0, 0.05) is 31.4 Å². The number of nitrogens with two attached hydrogens (primary N) is 1. The summed E-state index contributed by atoms with van der Waals surface area (Å²) >= 11 is 0. The molecule has 1 saturated heterocycles. The van der Waals surface area contributed by atoms with Crippen molar-refractivity contribution in [3.05, 3.63) is 76.0 Å². The average molecular weight is 549 g/mol. The standard InChI is InChI=1S/C28H29FN6O5/c1-40-22-9-8-18(29)11-20(22)27(38)31-12-16-4-6-17(7-5-16)21-14-35(25-24(21)26(30)32-33-28(25)39)19-3-2-10-34(13-19)23(37)15-36/h4-9,11,14,19,36H,2-3,10,12-13,15H2,1H3,(H2,30,32)(H,31,38)(H,33,39). The van der Waals surface area contributed by atoms with Crippen molar-refractivity contribution >= 4 is 28.5 Å². The smallest absolute Gasteiger partial charge is 0.288 e. The predicted octanol–water partition coefficient (Wildman–Crippen LogP) is 2.21. The number of nitrogens with one attached hydrogen (secondary N) is 2. The molecule has 1 aliphatic rings. The summed E-state index contributed by atoms with van der Waals surface area (Å²) in [5, 5.41) is 19.0. The number of H-pyrrole nitrogens is 1. The molecule has 208 valence electrons. The Hall–Kier alpha value is -4.71. The summed E-state index contributed by atoms with van der Waals surface area (Å²) < 4.78 is 20.7. The second-order valence-corrected chi connectivity index (χ2v) is 9.63. The maximum Gasteiger partial charge on any atom is 0.288 e. The SMILES string of the molecule is COc1ccc(F)cc1C(=O)NCc1ccc(-c2cn(C3CCCN(C(=O)CO)C3)c3c(=O)[nH]nc(N)c23)cc1. The van der Waals surface area contributed by atoms with E-state index in [4.69, 9.17) is 10.5 Å². The number of hydrogen-bond acceptors (Lipinski definition) is 7. The predicted molar refractivity (Wildman–Crippen MR) is 146 cm³/mol. The van der Waals surface area contributed by atoms with E-state index in [1.807, 2.05) is 35.0 Å². The zero-order chi connectivity index (χ0) is 28.4. The minimum Gasteiger partial charge on any atom is -0.496 e. The molecular weight excluding hydrogens is 519 g/mol. The second kappa shape index (κ2) is 11.2. The summed E-state index contributed by atoms with van der Waals surface area (Å²) in [6.07, 6.45) is 3.32. The fourth-order valence-electron chi connectivity index (χ4n) is 5.19. The Morgan fingerprint density at radius 3 is 2.75 bits per heavy atom. The molecule has 1 atom stereocenters. The Labute approximate surface area is 228 Å². The molecule has 5 N–H and O–H groups in total. The van der Waals surface area contributed by atoms with Crippen LogP contribution in [0.1, 0.15) is 34.8 Å². The van der Waals surface area contributed by atoms with Crippen molar-refractivity contribution in [3.63, 3.8) is 0 Å². The summed E-state index contributed by atoms with van der Waals surface area (Å²) in [5.74, 6) is -0.919. The Kier molecular flexibility index (Phi) is 7.52. The average Bonchev–Trinajstić information content (AvgIpc) is 3.40. The quantitative estimate of drug-likeness (QED) is 0.276. The molecule has 2 aromatic carbocycles. The zero-order valence-corrected chi connectivity index (χ0v) is 21.8. The number of aliphatic hydroxyl groups excluding tert-OH is 1. The maximum atomic E-state index is 13.7. The van der Waals surface area contributed by atoms with Crippen molar-refractivity contribution in [2.24, 2.45) is 0 Å². The molecule has 0 radical (unpaired) electrons. The molecule has 1 unspecified atom stereocenters. The molecule has 2 amide bonds. The van der Waals surface area contributed by atoms with Gasteiger partial charge in [0.1, 0.15) is 23.7 Å². The molecule has 2 aromatic heterocycles. The number of aromatic nitrogens is 3. The van der Waals surface area contributed by atoms with Gasteiger partial charge < -0.3 is 30.4 Å². The lowest BCUT2D eigenvalue weighted by Gasteiger charge is -2.33. The van der Waals surface area contributed by atoms with Gasteiger partial charge in [-0.1, -0.05) is 24.3 Å². The highest BCUT2D eigenvalue weighted by Gasteiger charge is 2.28. The van der Waals surface area contributed by atoms with Crippen LogP contribution in [0.5, 0.6) is 5.75 Å². The highest BCUT2D eigenvalue weighted by molar-refractivity contribution is 6.02. The van der Waals surface area contributed by atoms with Crippen molar-refractivity contribution < 1.29 is 23.8 Å². The molecule has 40 heavy (non-hydrogen) atoms. The van der Waals surface area contributed by atoms with Crippen LogP contribution in [0, 0.1) is 5.82 Å². The molecule has 0 aliphatic carbocycles. The number of rotatable bonds is 7. The van der Waals surface area contributed by atoms with Crippen LogP contribution in [-0.4, -0.2) is 63.4 Å². The Bertz CT molecular complexity index is 1630. The van der Waals surface area contributed by atoms with Gasteiger partial charge in [0.25, 0.3) is 11.5 Å². The van der Waals surface area contributed by atoms with Crippen LogP contribution in [-0.2, 0) is 11.3 Å². The molecule has 1 fully saturated rings. The van der Waals surface area contributed by atoms with Gasteiger partial charge >= 0.3 is 0 Å². The van der Waals surface area contributed by atoms with Crippen LogP contribution in [0.3, 0.4) is 0 Å². The molecule has 11 nitrogen and oxygen atoms in total. The number of nitrogen functional groups attached to an aromatic ring is 1. The van der Waals surface area contributed by atoms with E-state index in [-0.39, 0.29) is 35.6 Å². The van der Waals surface area contributed by atoms with E-state index in [0.717, 1.165) is 30.0 Å². The number of fused-ring (bicyclic) bond motifs is 1. The Morgan fingerprint density at radius 2 is 2.02 bits per heavy atom. The summed E-state index contributed by atoms with van der Waals surface area (Å²) in [4.78, 5) is 39.3. The number of nitrogens with zero attached hydrogens (tertiary/aromatic N) is 3. The van der Waals surface area contributed by atoms with E-state index >= 15 is 0 Å². The van der Waals surface area contributed by atoms with Crippen molar-refractivity contribution in [2.75, 3.05) is 32.5 Å². The van der Waals surface area contributed by atoms with E-state index in [9.17, 15) is 23.9 Å². The minimum absolute atomic E-state index is 0.0992. The van der Waals surface area contributed by atoms with Gasteiger partial charge in [-0.3, -0.25) is 14.4 Å². The third kappa shape index (κ3) is 5.13. The lowest BCUT2D eigenvalue weighted by Crippen LogP contribution is -2.42. The zero-order valence-electron chi connectivity index (χ0n) is 21.8. The molecular formula is C28H29FN6O5. The van der Waals surface area contributed by atoms with Gasteiger partial charge in [-0.2, -0.15) is 5.10 Å². The van der Waals surface area contributed by atoms with E-state index in [1.54, 1.807) is 4.90 Å². The number of anilines is 1. The van der Waals surface area contributed by atoms with E-state index in [0.29, 0.717) is 29.6 Å². The van der Waals surface area contributed by atoms with Crippen LogP contribution in [0.25, 0.3) is 22.0 Å². The number of amides is 2. The number of carbonyl (C=O) groups excluding carboxylic acids is 2. The number of hydrogen-bond donors (Lipinski definition) is 4. The monoisotopic (exact) mass is 548 g/mol. The Morgan fingerprint density at radius 1 is 1.25 bits per heavy atom. The van der Waals surface area contributed by atoms with Gasteiger partial charge in [-0.05, 0) is 42.2 Å². The third-order valence-electron chi connectivity index (χ3n) is 7.18. The minimum atomic E-state index is -0.565. The highest BCUT2D eigenvalue weighted by atomic mass is 19.1. The molecule has 0 bridgehead atoms. The summed E-state index contributed by atoms with van der Waals surface area (Å²) in [6.45, 7) is 0.538. The molecule has 3 heterocycles. The largest absolute Gasteiger partial charge is 0.496 e. The van der Waals surface area contributed by atoms with Crippen molar-refractivity contribution in [1.29, 1.82) is 0 Å². The first-order valence-corrected chi connectivity index (χ1v) is 12.8. The number of aromatic amines is 1. The molecule has 0 spiro atoms. The van der Waals surface area contributed by atoms with Crippen LogP contribution in [0.2, 0.25) is 0 Å². The van der Waals surface area contributed by atoms with Crippen LogP contribution in [0.15, 0.2) is 53.5 Å². The summed E-state index contributed by atoms with van der Waals surface area (Å²) in [6, 6.07) is 10.9. The first-order valence-electron chi connectivity index (χ1n) is 12.8. The fourth-order valence-corrected chi connectivity index (χ4v) is 5.19. The van der Waals surface area contributed by atoms with E-state index in [2.05, 4.69) is 15.5 Å². The van der Waals surface area contributed by atoms with Gasteiger partial charge in [-0.25, -0.2) is 9.49 Å². The number of aliphatic hydroxyl groups is 1. The number of carbonyl (C=O) groups is 2. The third-order valence-corrected chi connectivity index (χ3v) is 7.18. The normalized spacial score (nSPS) is 15.3. The number of ether oxygens (including phenoxy) is 1. The molecule has 0 saturated carbocycles. The fraction of sp³-hybridized carbons (Fsp3) is 0.286. The molecule has 12 heteroatoms. The molecule has 5 rings (SSSR count). The first-order chi connectivity index (χ1) is 19.3. The first kappa shape index (κ1) is 26.9. The van der Waals surface area contributed by atoms with Crippen LogP contribution in [0.4, 0.5) is 10.2 Å². The lowest BCUT2D eigenvalue weighted by atomic mass is 10.0. The van der Waals surface area contributed by atoms with Gasteiger partial charge in [-0.15, -0.1) is 0 Å². The number of likely N-dealkylation sites (tertiary alicyclic amines) is 1. The number of methoxy groups -OCH3 is 1. The summed E-state index contributed by atoms with van der Waals surface area (Å²) in [7, 11) is 1.41. The number of piperidine rings is 1. The Balaban J connectivity index is 1.42. The van der Waals surface area contributed by atoms with Crippen LogP contribution < -0.4 is 21.3 Å². The summed E-state index contributed by atoms with van der Waals surface area (Å²) in [5.41, 5.74) is 8.58. The lowest BCUT2D eigenvalue weighted by molar-refractivity contribution is -0.135. The topological polar surface area (TPSA) is 156 Å². The van der Waals surface area contributed by atoms with Gasteiger partial charge in [0.2, 0.25) is 5.91 Å². The highest BCUT2D eigenvalue weighted by Crippen LogP contribution is 2.35. The number of benzene rings is 2. The van der Waals surface area contributed by atoms with Crippen molar-refractivity contribution in [2.45, 2.75) is 25.4 Å². The number of halogens is 1. The van der Waals surface area contributed by atoms with E-state index < -0.39 is 23.9 Å². The second-order valence-electron chi connectivity index (χ2n) is 9.63. The molecule has 1 aliphatic heterocycles. The van der Waals surface area contributed by atoms with E-state index in [1.165, 1.54) is 19.2 Å². The van der Waals surface area contributed by atoms with Crippen LogP contribution >= 0.6 is 0 Å².